The van der Waals surface area contributed by atoms with Crippen molar-refractivity contribution in [1.82, 2.24) is 10.6 Å². The lowest BCUT2D eigenvalue weighted by Crippen LogP contribution is -2.70. The number of aliphatic hydroxyl groups excluding tert-OH is 21. The highest BCUT2D eigenvalue weighted by atomic mass is 16.8. The molecule has 0 saturated carbocycles. The number of ether oxygens (including phenoxy) is 13. The molecule has 7 aliphatic heterocycles. The Morgan fingerprint density at radius 2 is 0.607 bits per heavy atom. The van der Waals surface area contributed by atoms with Crippen molar-refractivity contribution in [2.24, 2.45) is 0 Å². The zero-order valence-electron chi connectivity index (χ0n) is 44.7. The zero-order valence-corrected chi connectivity index (χ0v) is 44.7. The quantitative estimate of drug-likeness (QED) is 0.0507. The molecule has 0 unspecified atom stereocenters. The summed E-state index contributed by atoms with van der Waals surface area (Å²) in [5, 5.41) is 231. The normalized spacial score (nSPS) is 50.3. The van der Waals surface area contributed by atoms with E-state index in [1.54, 1.807) is 0 Å². The highest BCUT2D eigenvalue weighted by Gasteiger charge is 2.58. The molecular formula is C46H78N2O36. The molecule has 488 valence electrons. The van der Waals surface area contributed by atoms with Crippen LogP contribution in [0.4, 0.5) is 0 Å². The summed E-state index contributed by atoms with van der Waals surface area (Å²) in [5.74, 6) is -1.61. The molecular weight excluding hydrogens is 1160 g/mol. The van der Waals surface area contributed by atoms with Gasteiger partial charge in [0.05, 0.1) is 46.2 Å². The van der Waals surface area contributed by atoms with Crippen molar-refractivity contribution in [1.29, 1.82) is 0 Å². The SMILES string of the molecule is CC(=O)N[C@@H]1[C@@H](O)[C@H](O[C@@H]2O[C@H](CO)[C@@H](O[C@H]3O[C@H](CO[C@@H]4O[C@H](CO[C@H]5O[C@H](CO)[C@@H](O)[C@H](O)[C@@H]5O)[C@@H](O)[C@H](O[C@@H]5O[C@H](CO)[C@@H](O)[C@H](O)[C@@H]5O)[C@@H]4O)[C@@H](O)[C@H](O[C@@H]4O[C@H](CO)[C@@H](O)[C@H](O)[C@@H]4O)[C@@H]3O)[C@H](O)[C@H]2NC(C)=O)[C@@H](CO)O[C@@H]1O. The van der Waals surface area contributed by atoms with Crippen LogP contribution in [0, 0.1) is 0 Å². The fourth-order valence-corrected chi connectivity index (χ4v) is 10.6. The Hall–Kier alpha value is -2.42. The average Bonchev–Trinajstić information content (AvgIpc) is 1.85. The molecule has 2 amide bonds. The lowest BCUT2D eigenvalue weighted by Gasteiger charge is -2.50. The first-order chi connectivity index (χ1) is 39.7. The smallest absolute Gasteiger partial charge is 0.217 e. The summed E-state index contributed by atoms with van der Waals surface area (Å²) in [6.07, 6.45) is -65.1. The molecule has 38 nitrogen and oxygen atoms in total. The largest absolute Gasteiger partial charge is 0.394 e. The molecule has 0 aliphatic carbocycles. The fourth-order valence-electron chi connectivity index (χ4n) is 10.6. The van der Waals surface area contributed by atoms with Gasteiger partial charge in [-0.3, -0.25) is 9.59 Å². The maximum absolute atomic E-state index is 12.7. The van der Waals surface area contributed by atoms with Crippen molar-refractivity contribution in [3.05, 3.63) is 0 Å². The summed E-state index contributed by atoms with van der Waals surface area (Å²) in [7, 11) is 0. The van der Waals surface area contributed by atoms with Crippen LogP contribution in [0.25, 0.3) is 0 Å². The highest BCUT2D eigenvalue weighted by Crippen LogP contribution is 2.37. The molecule has 0 bridgehead atoms. The molecule has 7 saturated heterocycles. The van der Waals surface area contributed by atoms with Gasteiger partial charge in [0.1, 0.15) is 171 Å². The van der Waals surface area contributed by atoms with Gasteiger partial charge in [-0.15, -0.1) is 0 Å². The number of hydrogen-bond acceptors (Lipinski definition) is 36. The van der Waals surface area contributed by atoms with Crippen molar-refractivity contribution in [2.45, 2.75) is 229 Å². The molecule has 84 heavy (non-hydrogen) atoms. The van der Waals surface area contributed by atoms with Crippen molar-refractivity contribution < 1.29 is 178 Å². The second kappa shape index (κ2) is 29.9. The topological polar surface area (TPSA) is 603 Å². The summed E-state index contributed by atoms with van der Waals surface area (Å²) in [5.41, 5.74) is 0. The van der Waals surface area contributed by atoms with Crippen LogP contribution in [0.5, 0.6) is 0 Å². The average molecular weight is 1240 g/mol. The molecule has 0 aromatic rings. The van der Waals surface area contributed by atoms with E-state index >= 15 is 0 Å². The van der Waals surface area contributed by atoms with Crippen LogP contribution in [-0.2, 0) is 71.2 Å². The first-order valence-corrected chi connectivity index (χ1v) is 26.6. The van der Waals surface area contributed by atoms with Gasteiger partial charge in [-0.05, 0) is 0 Å². The third-order valence-electron chi connectivity index (χ3n) is 15.3. The lowest BCUT2D eigenvalue weighted by molar-refractivity contribution is -0.387. The number of nitrogens with one attached hydrogen (secondary N) is 2. The standard InChI is InChI=1S/C46H78N2O36/c1-10(54)47-19-26(61)36(15(6-52)74-40(19)71)81-41-20(48-11(2)55)27(62)37(16(7-53)78-41)82-46-35(70)39(84-45-33(68)30(65)23(58)14(5-51)77-45)25(60)18(80-46)9-73-43-34(69)38(83-44-32(67)29(64)22(57)13(4-50)76-44)24(59)17(79-43)8-72-42-31(66)28(63)21(56)12(3-49)75-42/h12-46,49-53,56-71H,3-9H2,1-2H3,(H,47,54)(H,48,55)/t12-,13-,14-,15-,16-,17-,18-,19-,20-,21-,22-,23-,24-,25-,26-,27-,28+,29+,30+,31+,32+,33+,34+,35+,36-,37-,38+,39+,40+,41+,42+,43-,44+,45+,46-/m1/s1. The number of carbonyl (C=O) groups excluding carboxylic acids is 2. The number of aliphatic hydroxyl groups is 21. The van der Waals surface area contributed by atoms with Crippen LogP contribution in [-0.4, -0.2) is 380 Å². The first-order valence-electron chi connectivity index (χ1n) is 26.6. The molecule has 7 heterocycles. The van der Waals surface area contributed by atoms with Crippen LogP contribution in [0.15, 0.2) is 0 Å². The molecule has 23 N–H and O–H groups in total. The van der Waals surface area contributed by atoms with E-state index in [0.29, 0.717) is 0 Å². The summed E-state index contributed by atoms with van der Waals surface area (Å²) >= 11 is 0. The predicted octanol–water partition coefficient (Wildman–Crippen LogP) is -16.0. The van der Waals surface area contributed by atoms with E-state index in [1.807, 2.05) is 0 Å². The van der Waals surface area contributed by atoms with E-state index in [4.69, 9.17) is 61.6 Å². The van der Waals surface area contributed by atoms with Gasteiger partial charge in [0.2, 0.25) is 11.8 Å². The van der Waals surface area contributed by atoms with E-state index in [-0.39, 0.29) is 0 Å². The monoisotopic (exact) mass is 1230 g/mol. The molecule has 7 rings (SSSR count). The van der Waals surface area contributed by atoms with Gasteiger partial charge in [0.15, 0.2) is 44.0 Å². The summed E-state index contributed by atoms with van der Waals surface area (Å²) in [6.45, 7) is -4.78. The Kier molecular flexibility index (Phi) is 24.6. The Bertz CT molecular complexity index is 2060. The number of hydrogen-bond donors (Lipinski definition) is 23. The van der Waals surface area contributed by atoms with Crippen LogP contribution in [0.1, 0.15) is 13.8 Å². The van der Waals surface area contributed by atoms with Gasteiger partial charge in [0.25, 0.3) is 0 Å². The van der Waals surface area contributed by atoms with Gasteiger partial charge < -0.3 is 179 Å². The van der Waals surface area contributed by atoms with Gasteiger partial charge >= 0.3 is 0 Å². The molecule has 7 fully saturated rings. The molecule has 0 aromatic carbocycles. The minimum Gasteiger partial charge on any atom is -0.394 e. The third kappa shape index (κ3) is 14.9. The second-order valence-electron chi connectivity index (χ2n) is 21.1. The van der Waals surface area contributed by atoms with Crippen molar-refractivity contribution >= 4 is 11.8 Å². The minimum absolute atomic E-state index is 0.738. The maximum Gasteiger partial charge on any atom is 0.217 e. The Balaban J connectivity index is 1.17. The highest BCUT2D eigenvalue weighted by molar-refractivity contribution is 5.73. The second-order valence-corrected chi connectivity index (χ2v) is 21.1. The van der Waals surface area contributed by atoms with Crippen molar-refractivity contribution in [3.8, 4) is 0 Å². The molecule has 7 aliphatic rings. The van der Waals surface area contributed by atoms with Crippen LogP contribution in [0.3, 0.4) is 0 Å². The number of rotatable bonds is 21. The first kappa shape index (κ1) is 69.1. The van der Waals surface area contributed by atoms with E-state index in [1.165, 1.54) is 0 Å². The van der Waals surface area contributed by atoms with Gasteiger partial charge in [0, 0.05) is 13.8 Å². The van der Waals surface area contributed by atoms with E-state index < -0.39 is 273 Å². The van der Waals surface area contributed by atoms with E-state index in [2.05, 4.69) is 10.6 Å². The van der Waals surface area contributed by atoms with Gasteiger partial charge in [-0.1, -0.05) is 0 Å². The van der Waals surface area contributed by atoms with Crippen molar-refractivity contribution in [2.75, 3.05) is 46.2 Å². The van der Waals surface area contributed by atoms with Crippen LogP contribution in [0.2, 0.25) is 0 Å². The Morgan fingerprint density at radius 1 is 0.310 bits per heavy atom. The van der Waals surface area contributed by atoms with E-state index in [9.17, 15) is 117 Å². The molecule has 0 radical (unpaired) electrons. The third-order valence-corrected chi connectivity index (χ3v) is 15.3. The van der Waals surface area contributed by atoms with Crippen LogP contribution >= 0.6 is 0 Å². The minimum atomic E-state index is -2.34. The Labute approximate surface area is 475 Å². The van der Waals surface area contributed by atoms with Crippen LogP contribution < -0.4 is 10.6 Å². The molecule has 38 heteroatoms. The van der Waals surface area contributed by atoms with Crippen molar-refractivity contribution in [3.63, 3.8) is 0 Å². The zero-order chi connectivity index (χ0) is 61.9. The van der Waals surface area contributed by atoms with Gasteiger partial charge in [-0.25, -0.2) is 0 Å². The van der Waals surface area contributed by atoms with Gasteiger partial charge in [-0.2, -0.15) is 0 Å². The van der Waals surface area contributed by atoms with E-state index in [0.717, 1.165) is 13.8 Å². The summed E-state index contributed by atoms with van der Waals surface area (Å²) in [6, 6.07) is -3.37. The molecule has 0 spiro atoms. The maximum atomic E-state index is 12.7. The lowest BCUT2D eigenvalue weighted by atomic mass is 9.94. The fraction of sp³-hybridized carbons (Fsp3) is 0.957. The number of amides is 2. The molecule has 35 atom stereocenters. The number of carbonyl (C=O) groups is 2. The molecule has 0 aromatic heterocycles. The summed E-state index contributed by atoms with van der Waals surface area (Å²) in [4.78, 5) is 24.6. The predicted molar refractivity (Wildman–Crippen MR) is 255 cm³/mol. The Morgan fingerprint density at radius 3 is 1.04 bits per heavy atom. The summed E-state index contributed by atoms with van der Waals surface area (Å²) < 4.78 is 74.3.